The Labute approximate surface area is 138 Å². The molecule has 120 valence electrons. The number of aromatic nitrogens is 3. The number of hydrogen-bond acceptors (Lipinski definition) is 4. The molecule has 2 aromatic heterocycles. The van der Waals surface area contributed by atoms with Crippen molar-refractivity contribution in [2.45, 2.75) is 4.90 Å². The van der Waals surface area contributed by atoms with Gasteiger partial charge in [0.15, 0.2) is 0 Å². The molecule has 0 amide bonds. The van der Waals surface area contributed by atoms with Crippen molar-refractivity contribution in [2.75, 3.05) is 4.72 Å². The van der Waals surface area contributed by atoms with Crippen LogP contribution in [0.5, 0.6) is 0 Å². The second-order valence-corrected chi connectivity index (χ2v) is 7.17. The molecule has 7 heteroatoms. The van der Waals surface area contributed by atoms with Gasteiger partial charge in [-0.15, -0.1) is 0 Å². The highest BCUT2D eigenvalue weighted by molar-refractivity contribution is 7.92. The molecule has 2 aromatic carbocycles. The fraction of sp³-hybridized carbons (Fsp3) is 0.0588. The zero-order valence-electron chi connectivity index (χ0n) is 12.8. The summed E-state index contributed by atoms with van der Waals surface area (Å²) in [6.07, 6.45) is 3.29. The van der Waals surface area contributed by atoms with Crippen LogP contribution in [-0.2, 0) is 17.1 Å². The molecule has 0 spiro atoms. The molecule has 0 saturated heterocycles. The Kier molecular flexibility index (Phi) is 3.24. The Hall–Kier alpha value is -2.93. The van der Waals surface area contributed by atoms with E-state index >= 15 is 0 Å². The number of sulfonamides is 1. The lowest BCUT2D eigenvalue weighted by atomic mass is 10.2. The van der Waals surface area contributed by atoms with Gasteiger partial charge in [-0.3, -0.25) is 9.71 Å². The fourth-order valence-corrected chi connectivity index (χ4v) is 3.76. The molecule has 4 rings (SSSR count). The maximum absolute atomic E-state index is 12.7. The van der Waals surface area contributed by atoms with Crippen LogP contribution in [-0.4, -0.2) is 23.0 Å². The van der Waals surface area contributed by atoms with Crippen molar-refractivity contribution in [3.63, 3.8) is 0 Å². The number of pyridine rings is 1. The van der Waals surface area contributed by atoms with Crippen molar-refractivity contribution in [2.24, 2.45) is 7.05 Å². The summed E-state index contributed by atoms with van der Waals surface area (Å²) in [7, 11) is -1.86. The molecular formula is C17H14N4O2S. The zero-order chi connectivity index (χ0) is 16.7. The average Bonchev–Trinajstić information content (AvgIpc) is 2.96. The highest BCUT2D eigenvalue weighted by Gasteiger charge is 2.17. The summed E-state index contributed by atoms with van der Waals surface area (Å²) in [5, 5.41) is 0.873. The Morgan fingerprint density at radius 1 is 1.04 bits per heavy atom. The standard InChI is InChI=1S/C17H14N4O2S/c1-21-11-19-15-10-13(7-8-16(15)21)24(22,23)20-14-6-2-4-12-5-3-9-18-17(12)14/h2-11,20H,1H3. The van der Waals surface area contributed by atoms with E-state index in [2.05, 4.69) is 14.7 Å². The molecule has 0 atom stereocenters. The van der Waals surface area contributed by atoms with E-state index in [1.165, 1.54) is 0 Å². The van der Waals surface area contributed by atoms with Crippen LogP contribution in [0.3, 0.4) is 0 Å². The number of fused-ring (bicyclic) bond motifs is 2. The van der Waals surface area contributed by atoms with Gasteiger partial charge in [-0.05, 0) is 30.3 Å². The predicted molar refractivity (Wildman–Crippen MR) is 93.3 cm³/mol. The first-order chi connectivity index (χ1) is 11.5. The van der Waals surface area contributed by atoms with Gasteiger partial charge in [0, 0.05) is 18.6 Å². The maximum atomic E-state index is 12.7. The van der Waals surface area contributed by atoms with Crippen LogP contribution in [0.1, 0.15) is 0 Å². The Balaban J connectivity index is 1.78. The lowest BCUT2D eigenvalue weighted by molar-refractivity contribution is 0.601. The highest BCUT2D eigenvalue weighted by Crippen LogP contribution is 2.25. The molecule has 4 aromatic rings. The molecule has 0 fully saturated rings. The smallest absolute Gasteiger partial charge is 0.262 e. The molecule has 1 N–H and O–H groups in total. The molecule has 0 aliphatic heterocycles. The summed E-state index contributed by atoms with van der Waals surface area (Å²) >= 11 is 0. The SMILES string of the molecule is Cn1cnc2cc(S(=O)(=O)Nc3cccc4cccnc34)ccc21. The summed E-state index contributed by atoms with van der Waals surface area (Å²) in [6.45, 7) is 0. The fourth-order valence-electron chi connectivity index (χ4n) is 2.67. The second kappa shape index (κ2) is 5.31. The van der Waals surface area contributed by atoms with Crippen molar-refractivity contribution < 1.29 is 8.42 Å². The number of anilines is 1. The van der Waals surface area contributed by atoms with Gasteiger partial charge in [0.1, 0.15) is 0 Å². The van der Waals surface area contributed by atoms with Gasteiger partial charge in [-0.1, -0.05) is 18.2 Å². The summed E-state index contributed by atoms with van der Waals surface area (Å²) < 4.78 is 29.9. The molecule has 0 unspecified atom stereocenters. The van der Waals surface area contributed by atoms with Crippen molar-refractivity contribution in [3.05, 3.63) is 61.1 Å². The van der Waals surface area contributed by atoms with E-state index in [1.807, 2.05) is 29.8 Å². The summed E-state index contributed by atoms with van der Waals surface area (Å²) in [4.78, 5) is 8.65. The van der Waals surface area contributed by atoms with Crippen LogP contribution in [0.25, 0.3) is 21.9 Å². The summed E-state index contributed by atoms with van der Waals surface area (Å²) in [6, 6.07) is 14.0. The maximum Gasteiger partial charge on any atom is 0.262 e. The number of para-hydroxylation sites is 1. The lowest BCUT2D eigenvalue weighted by Crippen LogP contribution is -2.13. The quantitative estimate of drug-likeness (QED) is 0.623. The van der Waals surface area contributed by atoms with Crippen LogP contribution < -0.4 is 4.72 Å². The largest absolute Gasteiger partial charge is 0.334 e. The van der Waals surface area contributed by atoms with Crippen LogP contribution in [0.4, 0.5) is 5.69 Å². The van der Waals surface area contributed by atoms with E-state index in [4.69, 9.17) is 0 Å². The molecule has 0 aliphatic carbocycles. The average molecular weight is 338 g/mol. The van der Waals surface area contributed by atoms with Gasteiger partial charge in [-0.25, -0.2) is 13.4 Å². The summed E-state index contributed by atoms with van der Waals surface area (Å²) in [5.41, 5.74) is 2.58. The predicted octanol–water partition coefficient (Wildman–Crippen LogP) is 2.92. The number of hydrogen-bond donors (Lipinski definition) is 1. The zero-order valence-corrected chi connectivity index (χ0v) is 13.7. The van der Waals surface area contributed by atoms with E-state index in [0.29, 0.717) is 16.7 Å². The minimum atomic E-state index is -3.73. The number of aryl methyl sites for hydroxylation is 1. The number of imidazole rings is 1. The van der Waals surface area contributed by atoms with E-state index < -0.39 is 10.0 Å². The first-order valence-corrected chi connectivity index (χ1v) is 8.80. The third kappa shape index (κ3) is 2.39. The minimum absolute atomic E-state index is 0.168. The molecule has 24 heavy (non-hydrogen) atoms. The van der Waals surface area contributed by atoms with E-state index in [0.717, 1.165) is 10.9 Å². The monoisotopic (exact) mass is 338 g/mol. The van der Waals surface area contributed by atoms with Crippen LogP contribution in [0.2, 0.25) is 0 Å². The van der Waals surface area contributed by atoms with Crippen molar-refractivity contribution in [1.82, 2.24) is 14.5 Å². The normalized spacial score (nSPS) is 11.9. The molecule has 0 aliphatic rings. The summed E-state index contributed by atoms with van der Waals surface area (Å²) in [5.74, 6) is 0. The van der Waals surface area contributed by atoms with Crippen molar-refractivity contribution in [1.29, 1.82) is 0 Å². The van der Waals surface area contributed by atoms with Crippen LogP contribution in [0.15, 0.2) is 66.0 Å². The number of rotatable bonds is 3. The first kappa shape index (κ1) is 14.6. The van der Waals surface area contributed by atoms with Crippen molar-refractivity contribution >= 4 is 37.6 Å². The van der Waals surface area contributed by atoms with E-state index in [1.54, 1.807) is 42.9 Å². The van der Waals surface area contributed by atoms with E-state index in [9.17, 15) is 8.42 Å². The molecule has 0 bridgehead atoms. The van der Waals surface area contributed by atoms with Crippen LogP contribution in [0, 0.1) is 0 Å². The highest BCUT2D eigenvalue weighted by atomic mass is 32.2. The molecule has 0 radical (unpaired) electrons. The number of nitrogens with one attached hydrogen (secondary N) is 1. The first-order valence-electron chi connectivity index (χ1n) is 7.32. The van der Waals surface area contributed by atoms with Gasteiger partial charge in [0.05, 0.1) is 33.5 Å². The van der Waals surface area contributed by atoms with Gasteiger partial charge in [-0.2, -0.15) is 0 Å². The van der Waals surface area contributed by atoms with Gasteiger partial charge < -0.3 is 4.57 Å². The topological polar surface area (TPSA) is 76.9 Å². The number of benzene rings is 2. The third-order valence-corrected chi connectivity index (χ3v) is 5.25. The van der Waals surface area contributed by atoms with Gasteiger partial charge in [0.2, 0.25) is 0 Å². The second-order valence-electron chi connectivity index (χ2n) is 5.49. The number of nitrogens with zero attached hydrogens (tertiary/aromatic N) is 3. The Morgan fingerprint density at radius 2 is 1.88 bits per heavy atom. The molecule has 6 nitrogen and oxygen atoms in total. The van der Waals surface area contributed by atoms with Crippen LogP contribution >= 0.6 is 0 Å². The van der Waals surface area contributed by atoms with Crippen molar-refractivity contribution in [3.8, 4) is 0 Å². The molecular weight excluding hydrogens is 324 g/mol. The minimum Gasteiger partial charge on any atom is -0.334 e. The molecule has 2 heterocycles. The molecule has 0 saturated carbocycles. The Bertz CT molecular complexity index is 1160. The van der Waals surface area contributed by atoms with E-state index in [-0.39, 0.29) is 4.90 Å². The Morgan fingerprint density at radius 3 is 2.75 bits per heavy atom. The van der Waals surface area contributed by atoms with Gasteiger partial charge in [0.25, 0.3) is 10.0 Å². The van der Waals surface area contributed by atoms with Gasteiger partial charge >= 0.3 is 0 Å². The lowest BCUT2D eigenvalue weighted by Gasteiger charge is -2.10. The third-order valence-electron chi connectivity index (χ3n) is 3.88.